The van der Waals surface area contributed by atoms with Crippen molar-refractivity contribution < 1.29 is 19.1 Å². The number of benzene rings is 2. The Morgan fingerprint density at radius 2 is 1.87 bits per heavy atom. The zero-order chi connectivity index (χ0) is 21.3. The van der Waals surface area contributed by atoms with E-state index in [1.165, 1.54) is 6.20 Å². The first-order valence-electron chi connectivity index (χ1n) is 9.71. The lowest BCUT2D eigenvalue weighted by molar-refractivity contribution is -0.134. The second kappa shape index (κ2) is 10.2. The number of hydrogen-bond acceptors (Lipinski definition) is 5. The third-order valence-corrected chi connectivity index (χ3v) is 4.59. The predicted octanol–water partition coefficient (Wildman–Crippen LogP) is 4.58. The van der Waals surface area contributed by atoms with Crippen molar-refractivity contribution in [2.45, 2.75) is 26.2 Å². The molecule has 1 N–H and O–H groups in total. The third-order valence-electron chi connectivity index (χ3n) is 4.59. The third kappa shape index (κ3) is 5.91. The van der Waals surface area contributed by atoms with Crippen LogP contribution in [0, 0.1) is 6.92 Å². The van der Waals surface area contributed by atoms with E-state index in [0.29, 0.717) is 29.8 Å². The van der Waals surface area contributed by atoms with E-state index < -0.39 is 0 Å². The molecule has 1 amide bonds. The first-order chi connectivity index (χ1) is 14.5. The van der Waals surface area contributed by atoms with Crippen molar-refractivity contribution in [3.63, 3.8) is 0 Å². The zero-order valence-electron chi connectivity index (χ0n) is 17.1. The summed E-state index contributed by atoms with van der Waals surface area (Å²) in [6, 6.07) is 16.4. The highest BCUT2D eigenvalue weighted by Crippen LogP contribution is 2.23. The van der Waals surface area contributed by atoms with Crippen LogP contribution in [-0.2, 0) is 11.2 Å². The fraction of sp³-hybridized carbons (Fsp3) is 0.208. The van der Waals surface area contributed by atoms with Gasteiger partial charge >= 0.3 is 5.97 Å². The van der Waals surface area contributed by atoms with Gasteiger partial charge < -0.3 is 14.8 Å². The van der Waals surface area contributed by atoms with Crippen LogP contribution < -0.4 is 14.8 Å². The molecule has 0 aliphatic carbocycles. The lowest BCUT2D eigenvalue weighted by Crippen LogP contribution is -2.13. The van der Waals surface area contributed by atoms with Gasteiger partial charge in [0.25, 0.3) is 5.91 Å². The molecule has 0 radical (unpaired) electrons. The molecule has 3 rings (SSSR count). The number of pyridine rings is 1. The summed E-state index contributed by atoms with van der Waals surface area (Å²) in [7, 11) is 1.63. The fourth-order valence-corrected chi connectivity index (χ4v) is 2.94. The van der Waals surface area contributed by atoms with Gasteiger partial charge in [-0.3, -0.25) is 14.6 Å². The molecule has 1 heterocycles. The SMILES string of the molecule is COc1ccc(CCCC(=O)Oc2ccc(NC(=O)c3cccnc3)cc2C)cc1. The van der Waals surface area contributed by atoms with Crippen LogP contribution in [0.1, 0.15) is 34.3 Å². The van der Waals surface area contributed by atoms with Crippen molar-refractivity contribution in [2.75, 3.05) is 12.4 Å². The first kappa shape index (κ1) is 21.0. The summed E-state index contributed by atoms with van der Waals surface area (Å²) < 4.78 is 10.6. The Balaban J connectivity index is 1.49. The zero-order valence-corrected chi connectivity index (χ0v) is 17.1. The van der Waals surface area contributed by atoms with E-state index in [4.69, 9.17) is 9.47 Å². The van der Waals surface area contributed by atoms with E-state index in [1.54, 1.807) is 43.6 Å². The van der Waals surface area contributed by atoms with E-state index in [9.17, 15) is 9.59 Å². The van der Waals surface area contributed by atoms with E-state index in [0.717, 1.165) is 23.3 Å². The second-order valence-electron chi connectivity index (χ2n) is 6.85. The molecule has 0 aliphatic rings. The first-order valence-corrected chi connectivity index (χ1v) is 9.71. The molecule has 0 atom stereocenters. The molecule has 0 fully saturated rings. The summed E-state index contributed by atoms with van der Waals surface area (Å²) in [5.41, 5.74) is 3.01. The van der Waals surface area contributed by atoms with Crippen LogP contribution in [0.4, 0.5) is 5.69 Å². The number of nitrogens with one attached hydrogen (secondary N) is 1. The molecule has 6 nitrogen and oxygen atoms in total. The van der Waals surface area contributed by atoms with Gasteiger partial charge in [0.2, 0.25) is 0 Å². The van der Waals surface area contributed by atoms with Crippen LogP contribution in [-0.4, -0.2) is 24.0 Å². The number of aromatic nitrogens is 1. The van der Waals surface area contributed by atoms with Gasteiger partial charge in [-0.2, -0.15) is 0 Å². The summed E-state index contributed by atoms with van der Waals surface area (Å²) in [5.74, 6) is 0.780. The highest BCUT2D eigenvalue weighted by atomic mass is 16.5. The quantitative estimate of drug-likeness (QED) is 0.439. The number of esters is 1. The molecule has 3 aromatic rings. The molecule has 2 aromatic carbocycles. The molecule has 0 aliphatic heterocycles. The topological polar surface area (TPSA) is 77.5 Å². The van der Waals surface area contributed by atoms with Gasteiger partial charge in [0.05, 0.1) is 12.7 Å². The van der Waals surface area contributed by atoms with Crippen molar-refractivity contribution in [1.29, 1.82) is 0 Å². The Bertz CT molecular complexity index is 1000. The van der Waals surface area contributed by atoms with Crippen LogP contribution in [0.5, 0.6) is 11.5 Å². The number of rotatable bonds is 8. The van der Waals surface area contributed by atoms with Crippen LogP contribution in [0.2, 0.25) is 0 Å². The molecular formula is C24H24N2O4. The molecular weight excluding hydrogens is 380 g/mol. The lowest BCUT2D eigenvalue weighted by atomic mass is 10.1. The minimum Gasteiger partial charge on any atom is -0.497 e. The minimum absolute atomic E-state index is 0.245. The van der Waals surface area contributed by atoms with Gasteiger partial charge in [-0.25, -0.2) is 0 Å². The highest BCUT2D eigenvalue weighted by molar-refractivity contribution is 6.04. The number of amides is 1. The standard InChI is InChI=1S/C24H24N2O4/c1-17-15-20(26-24(28)19-6-4-14-25-16-19)10-13-22(17)30-23(27)7-3-5-18-8-11-21(29-2)12-9-18/h4,6,8-16H,3,5,7H2,1-2H3,(H,26,28). The number of methoxy groups -OCH3 is 1. The predicted molar refractivity (Wildman–Crippen MR) is 115 cm³/mol. The van der Waals surface area contributed by atoms with Crippen molar-refractivity contribution in [3.05, 3.63) is 83.7 Å². The molecule has 154 valence electrons. The Morgan fingerprint density at radius 3 is 2.53 bits per heavy atom. The average molecular weight is 404 g/mol. The van der Waals surface area contributed by atoms with E-state index in [2.05, 4.69) is 10.3 Å². The van der Waals surface area contributed by atoms with Crippen LogP contribution in [0.25, 0.3) is 0 Å². The number of carbonyl (C=O) groups is 2. The Labute approximate surface area is 175 Å². The Kier molecular flexibility index (Phi) is 7.16. The number of ether oxygens (including phenoxy) is 2. The van der Waals surface area contributed by atoms with Crippen molar-refractivity contribution in [1.82, 2.24) is 4.98 Å². The number of aryl methyl sites for hydroxylation is 2. The van der Waals surface area contributed by atoms with Gasteiger partial charge in [0, 0.05) is 24.5 Å². The van der Waals surface area contributed by atoms with Crippen LogP contribution in [0.3, 0.4) is 0 Å². The number of carbonyl (C=O) groups excluding carboxylic acids is 2. The minimum atomic E-state index is -0.279. The molecule has 0 saturated carbocycles. The van der Waals surface area contributed by atoms with Gasteiger partial charge in [0.15, 0.2) is 0 Å². The van der Waals surface area contributed by atoms with Gasteiger partial charge in [-0.05, 0) is 73.4 Å². The molecule has 6 heteroatoms. The molecule has 1 aromatic heterocycles. The lowest BCUT2D eigenvalue weighted by Gasteiger charge is -2.10. The smallest absolute Gasteiger partial charge is 0.311 e. The molecule has 0 bridgehead atoms. The van der Waals surface area contributed by atoms with Crippen molar-refractivity contribution >= 4 is 17.6 Å². The largest absolute Gasteiger partial charge is 0.497 e. The number of hydrogen-bond donors (Lipinski definition) is 1. The summed E-state index contributed by atoms with van der Waals surface area (Å²) in [6.07, 6.45) is 4.93. The van der Waals surface area contributed by atoms with Gasteiger partial charge in [0.1, 0.15) is 11.5 Å². The maximum atomic E-state index is 12.2. The van der Waals surface area contributed by atoms with E-state index in [-0.39, 0.29) is 11.9 Å². The second-order valence-corrected chi connectivity index (χ2v) is 6.85. The van der Waals surface area contributed by atoms with Gasteiger partial charge in [-0.1, -0.05) is 12.1 Å². The molecule has 0 saturated heterocycles. The molecule has 0 unspecified atom stereocenters. The maximum Gasteiger partial charge on any atom is 0.311 e. The van der Waals surface area contributed by atoms with Gasteiger partial charge in [-0.15, -0.1) is 0 Å². The Morgan fingerprint density at radius 1 is 1.07 bits per heavy atom. The highest BCUT2D eigenvalue weighted by Gasteiger charge is 2.10. The summed E-state index contributed by atoms with van der Waals surface area (Å²) in [5, 5.41) is 2.81. The fourth-order valence-electron chi connectivity index (χ4n) is 2.94. The summed E-state index contributed by atoms with van der Waals surface area (Å²) in [4.78, 5) is 28.3. The number of nitrogens with zero attached hydrogens (tertiary/aromatic N) is 1. The normalized spacial score (nSPS) is 10.3. The monoisotopic (exact) mass is 404 g/mol. The maximum absolute atomic E-state index is 12.2. The van der Waals surface area contributed by atoms with Crippen molar-refractivity contribution in [3.8, 4) is 11.5 Å². The summed E-state index contributed by atoms with van der Waals surface area (Å²) >= 11 is 0. The number of anilines is 1. The van der Waals surface area contributed by atoms with E-state index >= 15 is 0 Å². The summed E-state index contributed by atoms with van der Waals surface area (Å²) in [6.45, 7) is 1.83. The molecule has 0 spiro atoms. The van der Waals surface area contributed by atoms with Crippen LogP contribution in [0.15, 0.2) is 67.0 Å². The van der Waals surface area contributed by atoms with Crippen molar-refractivity contribution in [2.24, 2.45) is 0 Å². The van der Waals surface area contributed by atoms with Crippen LogP contribution >= 0.6 is 0 Å². The Hall–Kier alpha value is -3.67. The van der Waals surface area contributed by atoms with E-state index in [1.807, 2.05) is 31.2 Å². The average Bonchev–Trinajstić information content (AvgIpc) is 2.77. The molecule has 30 heavy (non-hydrogen) atoms.